The molecule has 1 heteroatoms. The van der Waals surface area contributed by atoms with E-state index < -0.39 is 0 Å². The molecule has 0 unspecified atom stereocenters. The molecule has 0 bridgehead atoms. The van der Waals surface area contributed by atoms with Crippen LogP contribution in [0.25, 0.3) is 0 Å². The lowest BCUT2D eigenvalue weighted by molar-refractivity contribution is 0.129. The third-order valence-corrected chi connectivity index (χ3v) is 4.47. The van der Waals surface area contributed by atoms with Crippen molar-refractivity contribution in [3.05, 3.63) is 70.8 Å². The zero-order valence-corrected chi connectivity index (χ0v) is 14.7. The lowest BCUT2D eigenvalue weighted by Gasteiger charge is -2.09. The summed E-state index contributed by atoms with van der Waals surface area (Å²) >= 11 is 0. The summed E-state index contributed by atoms with van der Waals surface area (Å²) < 4.78 is 5.82. The summed E-state index contributed by atoms with van der Waals surface area (Å²) in [5.41, 5.74) is 5.92. The van der Waals surface area contributed by atoms with Crippen LogP contribution in [0.1, 0.15) is 48.9 Å². The fraction of sp³-hybridized carbons (Fsp3) is 0.455. The molecule has 0 aromatic heterocycles. The normalized spacial score (nSPS) is 10.9. The SMILES string of the molecule is CCc1ccccc1CCCOCCCc1ccccc1CC. The average Bonchev–Trinajstić information content (AvgIpc) is 2.61. The van der Waals surface area contributed by atoms with E-state index >= 15 is 0 Å². The molecule has 0 amide bonds. The second-order valence-electron chi connectivity index (χ2n) is 6.06. The molecule has 2 rings (SSSR count). The lowest BCUT2D eigenvalue weighted by Crippen LogP contribution is -2.02. The first-order valence-electron chi connectivity index (χ1n) is 9.06. The van der Waals surface area contributed by atoms with Crippen LogP contribution >= 0.6 is 0 Å². The second kappa shape index (κ2) is 10.2. The van der Waals surface area contributed by atoms with Crippen LogP contribution < -0.4 is 0 Å². The molecule has 0 aliphatic carbocycles. The molecule has 0 spiro atoms. The van der Waals surface area contributed by atoms with Gasteiger partial charge in [0.25, 0.3) is 0 Å². The van der Waals surface area contributed by atoms with E-state index in [0.717, 1.165) is 51.7 Å². The highest BCUT2D eigenvalue weighted by Gasteiger charge is 2.01. The molecule has 0 heterocycles. The Labute approximate surface area is 141 Å². The highest BCUT2D eigenvalue weighted by atomic mass is 16.5. The standard InChI is InChI=1S/C22H30O/c1-3-19-11-5-7-13-21(19)15-9-17-23-18-10-16-22-14-8-6-12-20(22)4-2/h5-8,11-14H,3-4,9-10,15-18H2,1-2H3. The highest BCUT2D eigenvalue weighted by molar-refractivity contribution is 5.27. The van der Waals surface area contributed by atoms with Crippen LogP contribution in [0, 0.1) is 0 Å². The molecule has 0 radical (unpaired) electrons. The third-order valence-electron chi connectivity index (χ3n) is 4.47. The summed E-state index contributed by atoms with van der Waals surface area (Å²) in [6.07, 6.45) is 6.72. The van der Waals surface area contributed by atoms with Gasteiger partial charge >= 0.3 is 0 Å². The molecule has 124 valence electrons. The molecule has 2 aromatic rings. The minimum Gasteiger partial charge on any atom is -0.381 e. The number of aryl methyl sites for hydroxylation is 4. The van der Waals surface area contributed by atoms with Crippen LogP contribution in [0.3, 0.4) is 0 Å². The molecule has 0 saturated carbocycles. The quantitative estimate of drug-likeness (QED) is 0.534. The maximum atomic E-state index is 5.82. The van der Waals surface area contributed by atoms with Gasteiger partial charge in [0, 0.05) is 13.2 Å². The van der Waals surface area contributed by atoms with E-state index in [1.54, 1.807) is 0 Å². The molecular formula is C22H30O. The van der Waals surface area contributed by atoms with E-state index in [-0.39, 0.29) is 0 Å². The molecule has 0 aliphatic rings. The smallest absolute Gasteiger partial charge is 0.0469 e. The van der Waals surface area contributed by atoms with Crippen molar-refractivity contribution < 1.29 is 4.74 Å². The molecule has 0 fully saturated rings. The molecular weight excluding hydrogens is 280 g/mol. The second-order valence-corrected chi connectivity index (χ2v) is 6.06. The zero-order valence-electron chi connectivity index (χ0n) is 14.7. The van der Waals surface area contributed by atoms with Gasteiger partial charge in [-0.3, -0.25) is 0 Å². The van der Waals surface area contributed by atoms with Crippen molar-refractivity contribution in [2.24, 2.45) is 0 Å². The zero-order chi connectivity index (χ0) is 16.3. The minimum absolute atomic E-state index is 0.869. The van der Waals surface area contributed by atoms with Gasteiger partial charge in [-0.25, -0.2) is 0 Å². The third kappa shape index (κ3) is 5.84. The first kappa shape index (κ1) is 17.7. The summed E-state index contributed by atoms with van der Waals surface area (Å²) in [7, 11) is 0. The van der Waals surface area contributed by atoms with E-state index in [9.17, 15) is 0 Å². The van der Waals surface area contributed by atoms with Crippen LogP contribution in [-0.2, 0) is 30.4 Å². The monoisotopic (exact) mass is 310 g/mol. The maximum Gasteiger partial charge on any atom is 0.0469 e. The van der Waals surface area contributed by atoms with Gasteiger partial charge in [0.15, 0.2) is 0 Å². The fourth-order valence-corrected chi connectivity index (χ4v) is 3.12. The maximum absolute atomic E-state index is 5.82. The van der Waals surface area contributed by atoms with E-state index in [0.29, 0.717) is 0 Å². The lowest BCUT2D eigenvalue weighted by atomic mass is 10.0. The first-order chi connectivity index (χ1) is 11.3. The van der Waals surface area contributed by atoms with Crippen molar-refractivity contribution in [2.45, 2.75) is 52.4 Å². The van der Waals surface area contributed by atoms with Gasteiger partial charge in [0.1, 0.15) is 0 Å². The Hall–Kier alpha value is -1.60. The largest absolute Gasteiger partial charge is 0.381 e. The van der Waals surface area contributed by atoms with E-state index in [1.807, 2.05) is 0 Å². The summed E-state index contributed by atoms with van der Waals surface area (Å²) in [4.78, 5) is 0. The van der Waals surface area contributed by atoms with Crippen LogP contribution in [0.15, 0.2) is 48.5 Å². The molecule has 0 saturated heterocycles. The predicted molar refractivity (Wildman–Crippen MR) is 99.1 cm³/mol. The number of ether oxygens (including phenoxy) is 1. The van der Waals surface area contributed by atoms with Gasteiger partial charge in [-0.1, -0.05) is 62.4 Å². The number of hydrogen-bond donors (Lipinski definition) is 0. The molecule has 23 heavy (non-hydrogen) atoms. The number of rotatable bonds is 10. The Morgan fingerprint density at radius 2 is 1.00 bits per heavy atom. The average molecular weight is 310 g/mol. The number of benzene rings is 2. The van der Waals surface area contributed by atoms with Crippen molar-refractivity contribution in [1.29, 1.82) is 0 Å². The Kier molecular flexibility index (Phi) is 7.89. The minimum atomic E-state index is 0.869. The van der Waals surface area contributed by atoms with Crippen molar-refractivity contribution in [3.63, 3.8) is 0 Å². The molecule has 0 aliphatic heterocycles. The van der Waals surface area contributed by atoms with Crippen LogP contribution in [-0.4, -0.2) is 13.2 Å². The molecule has 0 atom stereocenters. The summed E-state index contributed by atoms with van der Waals surface area (Å²) in [6.45, 7) is 6.19. The van der Waals surface area contributed by atoms with Crippen LogP contribution in [0.5, 0.6) is 0 Å². The van der Waals surface area contributed by atoms with Gasteiger partial charge in [-0.2, -0.15) is 0 Å². The first-order valence-corrected chi connectivity index (χ1v) is 9.06. The van der Waals surface area contributed by atoms with Crippen molar-refractivity contribution in [2.75, 3.05) is 13.2 Å². The summed E-state index contributed by atoms with van der Waals surface area (Å²) in [6, 6.07) is 17.5. The van der Waals surface area contributed by atoms with Gasteiger partial charge in [-0.15, -0.1) is 0 Å². The molecule has 0 N–H and O–H groups in total. The summed E-state index contributed by atoms with van der Waals surface area (Å²) in [5.74, 6) is 0. The van der Waals surface area contributed by atoms with Crippen molar-refractivity contribution >= 4 is 0 Å². The molecule has 1 nitrogen and oxygen atoms in total. The Bertz CT molecular complexity index is 522. The topological polar surface area (TPSA) is 9.23 Å². The van der Waals surface area contributed by atoms with E-state index in [1.165, 1.54) is 22.3 Å². The van der Waals surface area contributed by atoms with Crippen molar-refractivity contribution in [3.8, 4) is 0 Å². The predicted octanol–water partition coefficient (Wildman–Crippen LogP) is 5.39. The fourth-order valence-electron chi connectivity index (χ4n) is 3.12. The Morgan fingerprint density at radius 3 is 1.39 bits per heavy atom. The van der Waals surface area contributed by atoms with Gasteiger partial charge < -0.3 is 4.74 Å². The van der Waals surface area contributed by atoms with Gasteiger partial charge in [0.2, 0.25) is 0 Å². The van der Waals surface area contributed by atoms with Gasteiger partial charge in [-0.05, 0) is 60.8 Å². The van der Waals surface area contributed by atoms with Crippen LogP contribution in [0.4, 0.5) is 0 Å². The van der Waals surface area contributed by atoms with Crippen molar-refractivity contribution in [1.82, 2.24) is 0 Å². The van der Waals surface area contributed by atoms with E-state index in [4.69, 9.17) is 4.74 Å². The summed E-state index contributed by atoms with van der Waals surface area (Å²) in [5, 5.41) is 0. The number of hydrogen-bond acceptors (Lipinski definition) is 1. The molecule has 2 aromatic carbocycles. The van der Waals surface area contributed by atoms with Gasteiger partial charge in [0.05, 0.1) is 0 Å². The highest BCUT2D eigenvalue weighted by Crippen LogP contribution is 2.13. The Balaban J connectivity index is 1.61. The van der Waals surface area contributed by atoms with Crippen LogP contribution in [0.2, 0.25) is 0 Å². The van der Waals surface area contributed by atoms with E-state index in [2.05, 4.69) is 62.4 Å². The Morgan fingerprint density at radius 1 is 0.609 bits per heavy atom.